The molecule has 12 aromatic rings. The number of nitrogens with one attached hydrogen (secondary N) is 2. The van der Waals surface area contributed by atoms with Crippen LogP contribution in [0.25, 0.3) is 71.6 Å². The largest absolute Gasteiger partial charge is 1.00 e. The van der Waals surface area contributed by atoms with Gasteiger partial charge in [-0.05, 0) is 120 Å². The summed E-state index contributed by atoms with van der Waals surface area (Å²) in [5, 5.41) is 81.1. The van der Waals surface area contributed by atoms with Crippen LogP contribution < -0.4 is 149 Å². The minimum absolute atomic E-state index is 0. The van der Waals surface area contributed by atoms with Crippen LogP contribution in [0.2, 0.25) is 0 Å². The molecule has 7 aliphatic rings. The zero-order valence-electron chi connectivity index (χ0n) is 83.3. The number of hydrogen-bond donors (Lipinski definition) is 5. The van der Waals surface area contributed by atoms with E-state index in [1.165, 1.54) is 12.1 Å². The van der Waals surface area contributed by atoms with Crippen molar-refractivity contribution in [2.45, 2.75) is 43.8 Å². The Morgan fingerprint density at radius 2 is 0.623 bits per heavy atom. The molecule has 45 nitrogen and oxygen atoms in total. The van der Waals surface area contributed by atoms with E-state index in [1.54, 1.807) is 49.1 Å². The van der Waals surface area contributed by atoms with Gasteiger partial charge in [-0.15, -0.1) is 11.3 Å². The molecule has 19 rings (SSSR count). The zero-order chi connectivity index (χ0) is 99.2. The van der Waals surface area contributed by atoms with E-state index in [1.807, 2.05) is 131 Å². The monoisotopic (exact) mass is 2260 g/mol. The molecule has 16 bridgehead atoms. The van der Waals surface area contributed by atoms with Crippen molar-refractivity contribution in [3.8, 4) is 66.2 Å². The molecule has 0 aliphatic carbocycles. The summed E-state index contributed by atoms with van der Waals surface area (Å²) in [7, 11) is 1.00. The smallest absolute Gasteiger partial charge is 0.814 e. The van der Waals surface area contributed by atoms with E-state index >= 15 is 0 Å². The summed E-state index contributed by atoms with van der Waals surface area (Å²) >= 11 is 10.6. The summed E-state index contributed by atoms with van der Waals surface area (Å²) < 4.78 is 79.3. The van der Waals surface area contributed by atoms with Gasteiger partial charge < -0.3 is 101 Å². The first kappa shape index (κ1) is 129. The molecule has 3 fully saturated rings. The van der Waals surface area contributed by atoms with Crippen LogP contribution in [0.3, 0.4) is 0 Å². The van der Waals surface area contributed by atoms with Crippen LogP contribution in [0.4, 0.5) is 15.0 Å². The molecule has 0 amide bonds. The van der Waals surface area contributed by atoms with Crippen LogP contribution in [0, 0.1) is 27.7 Å². The first-order chi connectivity index (χ1) is 69.2. The third-order valence-corrected chi connectivity index (χ3v) is 25.2. The van der Waals surface area contributed by atoms with Crippen molar-refractivity contribution in [1.82, 2.24) is 104 Å². The van der Waals surface area contributed by atoms with Crippen LogP contribution in [-0.4, -0.2) is 379 Å². The van der Waals surface area contributed by atoms with Gasteiger partial charge in [0.25, 0.3) is 0 Å². The van der Waals surface area contributed by atoms with Crippen molar-refractivity contribution in [3.63, 3.8) is 0 Å². The summed E-state index contributed by atoms with van der Waals surface area (Å²) in [6.45, 7) is 28.7. The number of aromatic nitrogens is 15. The van der Waals surface area contributed by atoms with E-state index in [9.17, 15) is 20.2 Å². The minimum Gasteiger partial charge on any atom is -0.814 e. The summed E-state index contributed by atoms with van der Waals surface area (Å²) in [6.07, 6.45) is 12.3. The number of anilines is 1. The molecule has 12 aromatic heterocycles. The average Bonchev–Trinajstić information content (AvgIpc) is 1.66. The number of fused-ring (bicyclic) bond motifs is 28. The number of aliphatic hydroxyl groups is 1. The number of pyridine rings is 3. The molecule has 0 unspecified atom stereocenters. The van der Waals surface area contributed by atoms with Crippen LogP contribution in [-0.2, 0) is 103 Å². The fourth-order valence-electron chi connectivity index (χ4n) is 14.0. The molecule has 54 heteroatoms. The molecule has 146 heavy (non-hydrogen) atoms. The number of alkyl halides is 2. The fraction of sp³-hybridized carbons (Fsp3) is 0.478. The van der Waals surface area contributed by atoms with E-state index in [-0.39, 0.29) is 168 Å². The number of nitro groups is 2. The van der Waals surface area contributed by atoms with Gasteiger partial charge in [-0.3, -0.25) is 39.8 Å². The molecule has 3 saturated heterocycles. The van der Waals surface area contributed by atoms with Gasteiger partial charge in [0.2, 0.25) is 0 Å². The molecular formula is C92H124BBr2K2N25NaO20S3. The fourth-order valence-corrected chi connectivity index (χ4v) is 17.0. The van der Waals surface area contributed by atoms with Gasteiger partial charge in [0.05, 0.1) is 208 Å². The van der Waals surface area contributed by atoms with Crippen LogP contribution >= 0.6 is 65.9 Å². The molecule has 6 N–H and O–H groups in total. The van der Waals surface area contributed by atoms with Crippen LogP contribution in [0.5, 0.6) is 0 Å². The van der Waals surface area contributed by atoms with Gasteiger partial charge in [0.1, 0.15) is 0 Å². The Labute approximate surface area is 986 Å². The number of nitrogen functional groups attached to an aromatic ring is 1. The third kappa shape index (κ3) is 45.8. The second-order valence-electron chi connectivity index (χ2n) is 30.9. The van der Waals surface area contributed by atoms with E-state index in [2.05, 4.69) is 82.2 Å². The van der Waals surface area contributed by atoms with Crippen LogP contribution in [0.15, 0.2) is 146 Å². The van der Waals surface area contributed by atoms with Crippen molar-refractivity contribution in [2.24, 2.45) is 0 Å². The first-order valence-electron chi connectivity index (χ1n) is 45.8. The predicted octanol–water partition coefficient (Wildman–Crippen LogP) is 0.253. The van der Waals surface area contributed by atoms with Crippen molar-refractivity contribution in [3.05, 3.63) is 214 Å². The quantitative estimate of drug-likeness (QED) is 0.0233. The molecule has 19 heterocycles. The zero-order valence-corrected chi connectivity index (χ0v) is 97.2. The first-order valence-corrected chi connectivity index (χ1v) is 50.5. The maximum absolute atomic E-state index is 11.4. The van der Waals surface area contributed by atoms with Gasteiger partial charge >= 0.3 is 142 Å². The minimum atomic E-state index is -0.386. The van der Waals surface area contributed by atoms with E-state index < -0.39 is 0 Å². The number of thiophene rings is 3. The number of hydrogen-bond acceptors (Lipinski definition) is 39. The van der Waals surface area contributed by atoms with E-state index in [0.29, 0.717) is 230 Å². The number of rotatable bonds is 10. The Bertz CT molecular complexity index is 5290. The number of carbonyl (C=O) groups excluding carboxylic acids is 1. The Hall–Kier alpha value is -5.95. The van der Waals surface area contributed by atoms with E-state index in [0.717, 1.165) is 191 Å². The van der Waals surface area contributed by atoms with Crippen molar-refractivity contribution in [2.75, 3.05) is 250 Å². The maximum Gasteiger partial charge on any atom is 1.00 e. The molecule has 0 saturated carbocycles. The number of halogens is 2. The van der Waals surface area contributed by atoms with E-state index in [4.69, 9.17) is 114 Å². The predicted molar refractivity (Wildman–Crippen MR) is 550 cm³/mol. The molecule has 7 aliphatic heterocycles. The van der Waals surface area contributed by atoms with Gasteiger partial charge in [0, 0.05) is 195 Å². The van der Waals surface area contributed by atoms with Gasteiger partial charge in [-0.25, -0.2) is 54.5 Å². The second kappa shape index (κ2) is 74.9. The normalized spacial score (nSPS) is 17.9. The van der Waals surface area contributed by atoms with Crippen molar-refractivity contribution < 1.29 is 219 Å². The number of nitrogens with zero attached hydrogens (tertiary/aromatic N) is 22. The van der Waals surface area contributed by atoms with Crippen molar-refractivity contribution >= 4 is 102 Å². The van der Waals surface area contributed by atoms with Gasteiger partial charge in [0.15, 0.2) is 34.9 Å². The molecule has 3 radical (unpaired) electrons. The molecular weight excluding hydrogens is 2140 g/mol. The second-order valence-corrected chi connectivity index (χ2v) is 35.2. The topological polar surface area (TPSA) is 495 Å². The maximum atomic E-state index is 11.4. The number of ether oxygens (including phenoxy) is 12. The molecule has 0 aromatic carbocycles. The average molecular weight is 2270 g/mol. The number of aliphatic hydroxyl groups excluding tert-OH is 1. The Kier molecular flexibility index (Phi) is 66.1. The summed E-state index contributed by atoms with van der Waals surface area (Å²) in [5.41, 5.74) is 14.1. The van der Waals surface area contributed by atoms with Crippen molar-refractivity contribution in [1.29, 1.82) is 0 Å². The standard InChI is InChI=1S/C29H36N8O6S.C29H38N8O4S.C17H12Br2N6O2S.C12H26N2O4.C2H4N.CHO3.CH4O.CH3.B.2K.Na/c38-37(39)29-2-1-26(44-29)23-19-27-30-28(20-23)36-6-4-25(32-36)22-34-9-13-42-17-15-40-11-7-33(21-24-3-5-35(27)31-24)8-12-41-16-18-43-14-10-34;30-27-2-1-26(42-27)23-19-28-31-29(20-23)37-6-4-25(33-37)22-35-9-13-40-17-15-38-11-7-34(21-24-3-5-36(28)32-24)8-12-39-16-18-41-14-10-35;18-9-12-3-5-23(21-12)15-7-11(14-1-2-17(28-14)25(26)27)8-16(20-15)24-6-4-13(10-19)22-24;1-5-15-9-10-17-7-3-14-4-8-18-12-11-16-6-2-13-1;1-2-3;2-1-4-3;1-2;;;;;/h1-6,19-20H,7-18,21-22H2;1-6,19-20H,7-18,21-22,30H2;1-8H,9-10H2;13-14H,1-12H2;2H,1H3;3H;2H,1H3;1H3;;;;/q;;;;2*-1;;-1;;3*+1. The Morgan fingerprint density at radius 3 is 0.829 bits per heavy atom. The third-order valence-electron chi connectivity index (χ3n) is 20.9. The number of nitrogens with two attached hydrogens (primary N) is 1. The summed E-state index contributed by atoms with van der Waals surface area (Å²) in [6, 6.07) is 33.9. The molecule has 775 valence electrons. The molecule has 0 spiro atoms. The summed E-state index contributed by atoms with van der Waals surface area (Å²) in [4.78, 5) is 59.3. The van der Waals surface area contributed by atoms with Crippen LogP contribution in [0.1, 0.15) is 41.1 Å². The molecule has 0 atom stereocenters. The van der Waals surface area contributed by atoms with Gasteiger partial charge in [-0.1, -0.05) is 61.5 Å². The Morgan fingerprint density at radius 1 is 0.404 bits per heavy atom. The van der Waals surface area contributed by atoms with Gasteiger partial charge in [-0.2, -0.15) is 30.6 Å². The Balaban J connectivity index is 0.000000297. The SMILES string of the molecule is C1COCCOCCNCCOCCOCCN1.CC=[N-].CO.Nc1ccc(-c2cc3nc(c2)-n2ccc(n2)CN2CCOCCOCCN(CCOCCOCC2)Cc2ccn-3n2)s1.O=[C-]OO.O=[N+]([O-])c1ccc(-c2cc(-n3ccc(CBr)n3)nc(-n3ccc(CBr)n3)c2)s1.O=[N+]([O-])c1ccc(-c2cc3nc(c2)-n2ccc(n2)CN2CCOCCOCCN(CCOCCOCC2)Cc2ccn-3n2)s1.[B].[CH3-].[K+].[K+].[Na+]. The summed E-state index contributed by atoms with van der Waals surface area (Å²) in [5.74, 6) is 3.80.